The minimum atomic E-state index is -3.63. The Morgan fingerprint density at radius 1 is 1.24 bits per heavy atom. The van der Waals surface area contributed by atoms with Crippen molar-refractivity contribution < 1.29 is 22.6 Å². The first-order chi connectivity index (χ1) is 10.1. The summed E-state index contributed by atoms with van der Waals surface area (Å²) in [6.07, 6.45) is 0. The van der Waals surface area contributed by atoms with Crippen LogP contribution in [0.3, 0.4) is 0 Å². The van der Waals surface area contributed by atoms with Crippen molar-refractivity contribution in [2.75, 3.05) is 46.6 Å². The number of hydrogen-bond donors (Lipinski definition) is 1. The Morgan fingerprint density at radius 2 is 1.95 bits per heavy atom. The average Bonchev–Trinajstić information content (AvgIpc) is 2.50. The van der Waals surface area contributed by atoms with E-state index in [-0.39, 0.29) is 24.5 Å². The van der Waals surface area contributed by atoms with Gasteiger partial charge in [0.05, 0.1) is 11.5 Å². The van der Waals surface area contributed by atoms with Gasteiger partial charge in [-0.2, -0.15) is 4.31 Å². The molecule has 0 saturated carbocycles. The summed E-state index contributed by atoms with van der Waals surface area (Å²) in [5.41, 5.74) is 5.50. The van der Waals surface area contributed by atoms with E-state index in [2.05, 4.69) is 0 Å². The highest BCUT2D eigenvalue weighted by molar-refractivity contribution is 7.89. The normalized spacial score (nSPS) is 14.4. The predicted octanol–water partition coefficient (Wildman–Crippen LogP) is 0.0536. The summed E-state index contributed by atoms with van der Waals surface area (Å²) in [5.74, 6) is 1.00. The highest BCUT2D eigenvalue weighted by Gasteiger charge is 2.25. The summed E-state index contributed by atoms with van der Waals surface area (Å²) < 4.78 is 42.3. The third-order valence-electron chi connectivity index (χ3n) is 3.07. The minimum Gasteiger partial charge on any atom is -0.486 e. The SMILES string of the molecule is COCCN(CCN)S(=O)(=O)c1ccc2c(c1)OCCO2. The number of nitrogens with zero attached hydrogens (tertiary/aromatic N) is 1. The Kier molecular flexibility index (Phi) is 5.40. The van der Waals surface area contributed by atoms with E-state index in [1.165, 1.54) is 23.5 Å². The van der Waals surface area contributed by atoms with Crippen molar-refractivity contribution >= 4 is 10.0 Å². The molecular formula is C13H20N2O5S. The van der Waals surface area contributed by atoms with E-state index in [1.54, 1.807) is 6.07 Å². The lowest BCUT2D eigenvalue weighted by atomic mass is 10.3. The Balaban J connectivity index is 2.28. The largest absolute Gasteiger partial charge is 0.486 e. The minimum absolute atomic E-state index is 0.163. The zero-order valence-electron chi connectivity index (χ0n) is 11.9. The van der Waals surface area contributed by atoms with Crippen molar-refractivity contribution in [1.82, 2.24) is 4.31 Å². The zero-order valence-corrected chi connectivity index (χ0v) is 12.8. The van der Waals surface area contributed by atoms with Crippen LogP contribution in [0.1, 0.15) is 0 Å². The number of methoxy groups -OCH3 is 1. The van der Waals surface area contributed by atoms with Crippen molar-refractivity contribution in [3.63, 3.8) is 0 Å². The van der Waals surface area contributed by atoms with Gasteiger partial charge in [0, 0.05) is 32.8 Å². The second-order valence-corrected chi connectivity index (χ2v) is 6.43. The molecule has 1 aliphatic rings. The first kappa shape index (κ1) is 16.0. The van der Waals surface area contributed by atoms with E-state index >= 15 is 0 Å². The van der Waals surface area contributed by atoms with E-state index in [0.717, 1.165) is 0 Å². The van der Waals surface area contributed by atoms with E-state index < -0.39 is 10.0 Å². The van der Waals surface area contributed by atoms with Gasteiger partial charge in [0.15, 0.2) is 11.5 Å². The highest BCUT2D eigenvalue weighted by Crippen LogP contribution is 2.33. The molecule has 2 N–H and O–H groups in total. The molecule has 0 saturated heterocycles. The molecular weight excluding hydrogens is 296 g/mol. The van der Waals surface area contributed by atoms with Gasteiger partial charge < -0.3 is 19.9 Å². The van der Waals surface area contributed by atoms with E-state index in [4.69, 9.17) is 19.9 Å². The van der Waals surface area contributed by atoms with Crippen molar-refractivity contribution in [1.29, 1.82) is 0 Å². The Morgan fingerprint density at radius 3 is 2.62 bits per heavy atom. The summed E-state index contributed by atoms with van der Waals surface area (Å²) in [5, 5.41) is 0. The number of hydrogen-bond acceptors (Lipinski definition) is 6. The van der Waals surface area contributed by atoms with Gasteiger partial charge in [0.2, 0.25) is 10.0 Å². The standard InChI is InChI=1S/C13H20N2O5S/c1-18-7-6-15(5-4-14)21(16,17)11-2-3-12-13(10-11)20-9-8-19-12/h2-3,10H,4-9,14H2,1H3. The third kappa shape index (κ3) is 3.65. The summed E-state index contributed by atoms with van der Waals surface area (Å²) in [7, 11) is -2.11. The molecule has 0 spiro atoms. The molecule has 0 aliphatic carbocycles. The smallest absolute Gasteiger partial charge is 0.243 e. The number of sulfonamides is 1. The number of benzene rings is 1. The van der Waals surface area contributed by atoms with Gasteiger partial charge in [-0.3, -0.25) is 0 Å². The van der Waals surface area contributed by atoms with Crippen LogP contribution in [-0.4, -0.2) is 59.3 Å². The van der Waals surface area contributed by atoms with Crippen LogP contribution in [0.2, 0.25) is 0 Å². The lowest BCUT2D eigenvalue weighted by molar-refractivity contribution is 0.171. The number of rotatable bonds is 7. The zero-order chi connectivity index (χ0) is 15.3. The van der Waals surface area contributed by atoms with Gasteiger partial charge >= 0.3 is 0 Å². The second kappa shape index (κ2) is 7.08. The molecule has 0 unspecified atom stereocenters. The lowest BCUT2D eigenvalue weighted by Crippen LogP contribution is -2.37. The number of ether oxygens (including phenoxy) is 3. The summed E-state index contributed by atoms with van der Waals surface area (Å²) in [6.45, 7) is 1.92. The second-order valence-electron chi connectivity index (χ2n) is 4.49. The fraction of sp³-hybridized carbons (Fsp3) is 0.538. The summed E-state index contributed by atoms with van der Waals surface area (Å²) >= 11 is 0. The summed E-state index contributed by atoms with van der Waals surface area (Å²) in [4.78, 5) is 0.163. The molecule has 0 amide bonds. The van der Waals surface area contributed by atoms with Gasteiger partial charge in [0.1, 0.15) is 13.2 Å². The molecule has 0 bridgehead atoms. The topological polar surface area (TPSA) is 91.1 Å². The fourth-order valence-electron chi connectivity index (χ4n) is 2.02. The predicted molar refractivity (Wildman–Crippen MR) is 77.1 cm³/mol. The molecule has 1 aromatic rings. The van der Waals surface area contributed by atoms with Gasteiger partial charge in [-0.25, -0.2) is 8.42 Å². The third-order valence-corrected chi connectivity index (χ3v) is 4.97. The van der Waals surface area contributed by atoms with E-state index in [1.807, 2.05) is 0 Å². The van der Waals surface area contributed by atoms with Crippen molar-refractivity contribution in [3.05, 3.63) is 18.2 Å². The molecule has 1 heterocycles. The van der Waals surface area contributed by atoms with Gasteiger partial charge in [0.25, 0.3) is 0 Å². The molecule has 0 radical (unpaired) electrons. The van der Waals surface area contributed by atoms with Crippen LogP contribution in [0.4, 0.5) is 0 Å². The molecule has 21 heavy (non-hydrogen) atoms. The molecule has 0 aromatic heterocycles. The van der Waals surface area contributed by atoms with Crippen LogP contribution in [0, 0.1) is 0 Å². The number of fused-ring (bicyclic) bond motifs is 1. The Hall–Kier alpha value is -1.35. The molecule has 0 fully saturated rings. The van der Waals surface area contributed by atoms with E-state index in [0.29, 0.717) is 31.3 Å². The molecule has 7 nitrogen and oxygen atoms in total. The van der Waals surface area contributed by atoms with Crippen LogP contribution >= 0.6 is 0 Å². The molecule has 118 valence electrons. The quantitative estimate of drug-likeness (QED) is 0.764. The van der Waals surface area contributed by atoms with Crippen molar-refractivity contribution in [2.24, 2.45) is 5.73 Å². The monoisotopic (exact) mass is 316 g/mol. The van der Waals surface area contributed by atoms with Crippen molar-refractivity contribution in [2.45, 2.75) is 4.90 Å². The van der Waals surface area contributed by atoms with Gasteiger partial charge in [-0.05, 0) is 12.1 Å². The average molecular weight is 316 g/mol. The number of nitrogens with two attached hydrogens (primary N) is 1. The van der Waals surface area contributed by atoms with Crippen LogP contribution in [0.15, 0.2) is 23.1 Å². The van der Waals surface area contributed by atoms with E-state index in [9.17, 15) is 8.42 Å². The fourth-order valence-corrected chi connectivity index (χ4v) is 3.48. The molecule has 1 aromatic carbocycles. The van der Waals surface area contributed by atoms with Gasteiger partial charge in [-0.1, -0.05) is 0 Å². The lowest BCUT2D eigenvalue weighted by Gasteiger charge is -2.23. The maximum Gasteiger partial charge on any atom is 0.243 e. The summed E-state index contributed by atoms with van der Waals surface area (Å²) in [6, 6.07) is 4.61. The van der Waals surface area contributed by atoms with Crippen LogP contribution in [0.5, 0.6) is 11.5 Å². The highest BCUT2D eigenvalue weighted by atomic mass is 32.2. The van der Waals surface area contributed by atoms with Crippen LogP contribution in [-0.2, 0) is 14.8 Å². The first-order valence-corrected chi connectivity index (χ1v) is 8.12. The molecule has 8 heteroatoms. The molecule has 1 aliphatic heterocycles. The van der Waals surface area contributed by atoms with Gasteiger partial charge in [-0.15, -0.1) is 0 Å². The van der Waals surface area contributed by atoms with Crippen LogP contribution < -0.4 is 15.2 Å². The molecule has 2 rings (SSSR count). The maximum absolute atomic E-state index is 12.6. The van der Waals surface area contributed by atoms with Crippen molar-refractivity contribution in [3.8, 4) is 11.5 Å². The Labute approximate surface area is 124 Å². The Bertz CT molecular complexity index is 576. The maximum atomic E-state index is 12.6. The van der Waals surface area contributed by atoms with Crippen LogP contribution in [0.25, 0.3) is 0 Å². The first-order valence-electron chi connectivity index (χ1n) is 6.68. The molecule has 0 atom stereocenters.